The van der Waals surface area contributed by atoms with Crippen LogP contribution >= 0.6 is 0 Å². The normalized spacial score (nSPS) is 12.0. The van der Waals surface area contributed by atoms with Gasteiger partial charge in [-0.3, -0.25) is 4.79 Å². The third-order valence-corrected chi connectivity index (χ3v) is 3.71. The Morgan fingerprint density at radius 3 is 2.68 bits per heavy atom. The smallest absolute Gasteiger partial charge is 0.307 e. The van der Waals surface area contributed by atoms with Crippen LogP contribution in [-0.2, 0) is 9.53 Å². The zero-order valence-electron chi connectivity index (χ0n) is 13.4. The lowest BCUT2D eigenvalue weighted by molar-refractivity contribution is -0.143. The molecule has 0 bridgehead atoms. The molecule has 0 saturated heterocycles. The Labute approximate surface area is 132 Å². The van der Waals surface area contributed by atoms with Gasteiger partial charge in [-0.05, 0) is 49.1 Å². The van der Waals surface area contributed by atoms with Crippen molar-refractivity contribution in [3.05, 3.63) is 59.2 Å². The van der Waals surface area contributed by atoms with Gasteiger partial charge < -0.3 is 10.5 Å². The van der Waals surface area contributed by atoms with Gasteiger partial charge in [-0.25, -0.2) is 0 Å². The Morgan fingerprint density at radius 2 is 1.95 bits per heavy atom. The maximum Gasteiger partial charge on any atom is 0.307 e. The molecule has 2 N–H and O–H groups in total. The highest BCUT2D eigenvalue weighted by Gasteiger charge is 2.13. The molecule has 0 unspecified atom stereocenters. The van der Waals surface area contributed by atoms with E-state index in [-0.39, 0.29) is 18.4 Å². The molecule has 0 heterocycles. The SMILES string of the molecule is CCOC(=O)C[C@H](N)c1cccc(-c2cc(C)ccc2C)c1. The minimum Gasteiger partial charge on any atom is -0.466 e. The molecule has 22 heavy (non-hydrogen) atoms. The molecule has 0 fully saturated rings. The molecule has 116 valence electrons. The summed E-state index contributed by atoms with van der Waals surface area (Å²) >= 11 is 0. The van der Waals surface area contributed by atoms with E-state index in [9.17, 15) is 4.79 Å². The Balaban J connectivity index is 2.26. The maximum absolute atomic E-state index is 11.6. The number of carbonyl (C=O) groups is 1. The van der Waals surface area contributed by atoms with Crippen LogP contribution in [0.5, 0.6) is 0 Å². The van der Waals surface area contributed by atoms with Crippen LogP contribution in [0.1, 0.15) is 36.1 Å². The second kappa shape index (κ2) is 7.23. The number of benzene rings is 2. The Hall–Kier alpha value is -2.13. The third kappa shape index (κ3) is 3.95. The summed E-state index contributed by atoms with van der Waals surface area (Å²) in [7, 11) is 0. The Kier molecular flexibility index (Phi) is 5.34. The van der Waals surface area contributed by atoms with Crippen LogP contribution in [0, 0.1) is 13.8 Å². The Bertz CT molecular complexity index is 664. The zero-order chi connectivity index (χ0) is 16.1. The fourth-order valence-corrected chi connectivity index (χ4v) is 2.50. The molecule has 0 amide bonds. The number of ether oxygens (including phenoxy) is 1. The molecule has 2 aromatic rings. The van der Waals surface area contributed by atoms with Gasteiger partial charge in [0.25, 0.3) is 0 Å². The van der Waals surface area contributed by atoms with Gasteiger partial charge in [-0.1, -0.05) is 42.0 Å². The first-order chi connectivity index (χ1) is 10.5. The van der Waals surface area contributed by atoms with E-state index in [1.165, 1.54) is 16.7 Å². The Morgan fingerprint density at radius 1 is 1.18 bits per heavy atom. The summed E-state index contributed by atoms with van der Waals surface area (Å²) in [4.78, 5) is 11.6. The fourth-order valence-electron chi connectivity index (χ4n) is 2.50. The summed E-state index contributed by atoms with van der Waals surface area (Å²) in [6.45, 7) is 6.36. The minimum atomic E-state index is -0.343. The van der Waals surface area contributed by atoms with Crippen molar-refractivity contribution >= 4 is 5.97 Å². The molecule has 2 rings (SSSR count). The van der Waals surface area contributed by atoms with Crippen LogP contribution in [0.4, 0.5) is 0 Å². The van der Waals surface area contributed by atoms with Gasteiger partial charge in [0, 0.05) is 6.04 Å². The van der Waals surface area contributed by atoms with Crippen LogP contribution in [0.2, 0.25) is 0 Å². The lowest BCUT2D eigenvalue weighted by Gasteiger charge is -2.14. The summed E-state index contributed by atoms with van der Waals surface area (Å²) in [5, 5.41) is 0. The second-order valence-corrected chi connectivity index (χ2v) is 5.56. The molecule has 3 nitrogen and oxygen atoms in total. The number of hydrogen-bond acceptors (Lipinski definition) is 3. The molecule has 3 heteroatoms. The van der Waals surface area contributed by atoms with Gasteiger partial charge in [-0.2, -0.15) is 0 Å². The van der Waals surface area contributed by atoms with E-state index in [0.29, 0.717) is 6.61 Å². The standard InChI is InChI=1S/C19H23NO2/c1-4-22-19(21)12-18(20)16-7-5-6-15(11-16)17-10-13(2)8-9-14(17)3/h5-11,18H,4,12,20H2,1-3H3/t18-/m0/s1. The molecular weight excluding hydrogens is 274 g/mol. The van der Waals surface area contributed by atoms with Crippen molar-refractivity contribution in [1.29, 1.82) is 0 Å². The summed E-state index contributed by atoms with van der Waals surface area (Å²) in [5.74, 6) is -0.257. The van der Waals surface area contributed by atoms with Crippen LogP contribution in [0.15, 0.2) is 42.5 Å². The molecule has 0 aliphatic carbocycles. The van der Waals surface area contributed by atoms with E-state index in [0.717, 1.165) is 11.1 Å². The van der Waals surface area contributed by atoms with Crippen LogP contribution < -0.4 is 5.73 Å². The molecule has 0 saturated carbocycles. The van der Waals surface area contributed by atoms with E-state index in [1.54, 1.807) is 6.92 Å². The number of rotatable bonds is 5. The number of hydrogen-bond donors (Lipinski definition) is 1. The molecule has 0 aromatic heterocycles. The van der Waals surface area contributed by atoms with E-state index in [2.05, 4.69) is 44.2 Å². The number of aryl methyl sites for hydroxylation is 2. The van der Waals surface area contributed by atoms with Crippen molar-refractivity contribution in [2.75, 3.05) is 6.61 Å². The summed E-state index contributed by atoms with van der Waals surface area (Å²) in [6.07, 6.45) is 0.199. The van der Waals surface area contributed by atoms with Crippen molar-refractivity contribution in [3.8, 4) is 11.1 Å². The van der Waals surface area contributed by atoms with Crippen LogP contribution in [0.25, 0.3) is 11.1 Å². The molecule has 0 aliphatic rings. The molecule has 1 atom stereocenters. The predicted octanol–water partition coefficient (Wildman–Crippen LogP) is 3.92. The van der Waals surface area contributed by atoms with E-state index < -0.39 is 0 Å². The quantitative estimate of drug-likeness (QED) is 0.851. The molecule has 2 aromatic carbocycles. The topological polar surface area (TPSA) is 52.3 Å². The average Bonchev–Trinajstić information content (AvgIpc) is 2.50. The monoisotopic (exact) mass is 297 g/mol. The van der Waals surface area contributed by atoms with Gasteiger partial charge in [0.1, 0.15) is 0 Å². The fraction of sp³-hybridized carbons (Fsp3) is 0.316. The predicted molar refractivity (Wildman–Crippen MR) is 89.5 cm³/mol. The molecular formula is C19H23NO2. The highest BCUT2D eigenvalue weighted by atomic mass is 16.5. The molecule has 0 spiro atoms. The van der Waals surface area contributed by atoms with Gasteiger partial charge in [0.2, 0.25) is 0 Å². The lowest BCUT2D eigenvalue weighted by atomic mass is 9.95. The van der Waals surface area contributed by atoms with Crippen molar-refractivity contribution in [2.45, 2.75) is 33.2 Å². The average molecular weight is 297 g/mol. The zero-order valence-corrected chi connectivity index (χ0v) is 13.4. The first-order valence-electron chi connectivity index (χ1n) is 7.60. The van der Waals surface area contributed by atoms with E-state index in [4.69, 9.17) is 10.5 Å². The summed E-state index contributed by atoms with van der Waals surface area (Å²) in [6, 6.07) is 14.1. The molecule has 0 radical (unpaired) electrons. The summed E-state index contributed by atoms with van der Waals surface area (Å²) in [5.41, 5.74) is 11.9. The van der Waals surface area contributed by atoms with Gasteiger partial charge in [-0.15, -0.1) is 0 Å². The van der Waals surface area contributed by atoms with Crippen molar-refractivity contribution < 1.29 is 9.53 Å². The van der Waals surface area contributed by atoms with Crippen LogP contribution in [-0.4, -0.2) is 12.6 Å². The maximum atomic E-state index is 11.6. The number of nitrogens with two attached hydrogens (primary N) is 1. The third-order valence-electron chi connectivity index (χ3n) is 3.71. The first-order valence-corrected chi connectivity index (χ1v) is 7.60. The van der Waals surface area contributed by atoms with Crippen molar-refractivity contribution in [2.24, 2.45) is 5.73 Å². The van der Waals surface area contributed by atoms with Gasteiger partial charge >= 0.3 is 5.97 Å². The van der Waals surface area contributed by atoms with E-state index in [1.807, 2.05) is 12.1 Å². The van der Waals surface area contributed by atoms with E-state index >= 15 is 0 Å². The van der Waals surface area contributed by atoms with Crippen molar-refractivity contribution in [1.82, 2.24) is 0 Å². The second-order valence-electron chi connectivity index (χ2n) is 5.56. The number of esters is 1. The minimum absolute atomic E-state index is 0.199. The summed E-state index contributed by atoms with van der Waals surface area (Å²) < 4.78 is 4.96. The van der Waals surface area contributed by atoms with Crippen LogP contribution in [0.3, 0.4) is 0 Å². The lowest BCUT2D eigenvalue weighted by Crippen LogP contribution is -2.17. The molecule has 0 aliphatic heterocycles. The highest BCUT2D eigenvalue weighted by molar-refractivity contribution is 5.71. The largest absolute Gasteiger partial charge is 0.466 e. The van der Waals surface area contributed by atoms with Gasteiger partial charge in [0.05, 0.1) is 13.0 Å². The van der Waals surface area contributed by atoms with Gasteiger partial charge in [0.15, 0.2) is 0 Å². The highest BCUT2D eigenvalue weighted by Crippen LogP contribution is 2.27. The van der Waals surface area contributed by atoms with Crippen molar-refractivity contribution in [3.63, 3.8) is 0 Å². The first kappa shape index (κ1) is 16.2. The number of carbonyl (C=O) groups excluding carboxylic acids is 1.